The highest BCUT2D eigenvalue weighted by atomic mass is 35.5. The molecule has 162 valence electrons. The van der Waals surface area contributed by atoms with Crippen molar-refractivity contribution in [1.29, 1.82) is 0 Å². The fourth-order valence-electron chi connectivity index (χ4n) is 3.22. The molecule has 0 aliphatic carbocycles. The minimum atomic E-state index is -0.126. The molecule has 9 heteroatoms. The molecule has 0 unspecified atom stereocenters. The van der Waals surface area contributed by atoms with E-state index in [0.717, 1.165) is 28.1 Å². The van der Waals surface area contributed by atoms with Crippen LogP contribution in [0.3, 0.4) is 0 Å². The van der Waals surface area contributed by atoms with Crippen molar-refractivity contribution in [1.82, 2.24) is 19.7 Å². The van der Waals surface area contributed by atoms with Gasteiger partial charge in [0.25, 0.3) is 0 Å². The molecule has 0 fully saturated rings. The summed E-state index contributed by atoms with van der Waals surface area (Å²) in [5.74, 6) is 0.633. The van der Waals surface area contributed by atoms with Gasteiger partial charge in [0, 0.05) is 23.6 Å². The SMILES string of the molecule is Cc1cccc(C)c1NC(=O)CSc1nnc(-c2cccnc2)n1-c1ccc(Cl)c(Cl)c1. The first kappa shape index (κ1) is 22.3. The Kier molecular flexibility index (Phi) is 6.79. The van der Waals surface area contributed by atoms with E-state index in [2.05, 4.69) is 20.5 Å². The first-order valence-electron chi connectivity index (χ1n) is 9.74. The Morgan fingerprint density at radius 3 is 2.50 bits per heavy atom. The fraction of sp³-hybridized carbons (Fsp3) is 0.130. The number of hydrogen-bond acceptors (Lipinski definition) is 5. The average molecular weight is 484 g/mol. The maximum Gasteiger partial charge on any atom is 0.234 e. The van der Waals surface area contributed by atoms with Gasteiger partial charge < -0.3 is 5.32 Å². The third kappa shape index (κ3) is 4.80. The molecule has 6 nitrogen and oxygen atoms in total. The van der Waals surface area contributed by atoms with Gasteiger partial charge in [-0.25, -0.2) is 0 Å². The van der Waals surface area contributed by atoms with Crippen LogP contribution in [0.1, 0.15) is 11.1 Å². The molecule has 2 heterocycles. The highest BCUT2D eigenvalue weighted by Gasteiger charge is 2.18. The largest absolute Gasteiger partial charge is 0.325 e. The van der Waals surface area contributed by atoms with Gasteiger partial charge in [-0.3, -0.25) is 14.3 Å². The smallest absolute Gasteiger partial charge is 0.234 e. The van der Waals surface area contributed by atoms with Gasteiger partial charge in [-0.05, 0) is 55.3 Å². The minimum Gasteiger partial charge on any atom is -0.325 e. The first-order valence-corrected chi connectivity index (χ1v) is 11.5. The molecule has 4 rings (SSSR count). The van der Waals surface area contributed by atoms with Crippen molar-refractivity contribution in [3.05, 3.63) is 82.1 Å². The van der Waals surface area contributed by atoms with E-state index in [9.17, 15) is 4.79 Å². The van der Waals surface area contributed by atoms with Gasteiger partial charge in [0.1, 0.15) is 0 Å². The highest BCUT2D eigenvalue weighted by Crippen LogP contribution is 2.31. The predicted octanol–water partition coefficient (Wildman–Crippen LogP) is 5.98. The lowest BCUT2D eigenvalue weighted by atomic mass is 10.1. The van der Waals surface area contributed by atoms with E-state index in [1.165, 1.54) is 11.8 Å². The molecule has 1 amide bonds. The molecule has 0 aliphatic rings. The van der Waals surface area contributed by atoms with Crippen LogP contribution in [0, 0.1) is 13.8 Å². The minimum absolute atomic E-state index is 0.126. The standard InChI is InChI=1S/C23H19Cl2N5OS/c1-14-5-3-6-15(2)21(14)27-20(31)13-32-23-29-28-22(16-7-4-10-26-12-16)30(23)17-8-9-18(24)19(25)11-17/h3-12H,13H2,1-2H3,(H,27,31). The number of nitrogens with one attached hydrogen (secondary N) is 1. The van der Waals surface area contributed by atoms with Crippen molar-refractivity contribution < 1.29 is 4.79 Å². The summed E-state index contributed by atoms with van der Waals surface area (Å²) in [7, 11) is 0. The van der Waals surface area contributed by atoms with Gasteiger partial charge in [-0.2, -0.15) is 0 Å². The lowest BCUT2D eigenvalue weighted by molar-refractivity contribution is -0.113. The van der Waals surface area contributed by atoms with Crippen LogP contribution in [0.15, 0.2) is 66.1 Å². The summed E-state index contributed by atoms with van der Waals surface area (Å²) in [6, 6.07) is 14.9. The molecule has 0 aliphatic heterocycles. The topological polar surface area (TPSA) is 72.7 Å². The number of nitrogens with zero attached hydrogens (tertiary/aromatic N) is 4. The van der Waals surface area contributed by atoms with Crippen LogP contribution >= 0.6 is 35.0 Å². The van der Waals surface area contributed by atoms with E-state index < -0.39 is 0 Å². The number of carbonyl (C=O) groups is 1. The van der Waals surface area contributed by atoms with Crippen LogP contribution in [-0.2, 0) is 4.79 Å². The van der Waals surface area contributed by atoms with E-state index in [4.69, 9.17) is 23.2 Å². The summed E-state index contributed by atoms with van der Waals surface area (Å²) in [6.45, 7) is 3.94. The predicted molar refractivity (Wildman–Crippen MR) is 130 cm³/mol. The third-order valence-corrected chi connectivity index (χ3v) is 6.46. The fourth-order valence-corrected chi connectivity index (χ4v) is 4.26. The summed E-state index contributed by atoms with van der Waals surface area (Å²) < 4.78 is 1.84. The number of halogens is 2. The van der Waals surface area contributed by atoms with E-state index in [1.54, 1.807) is 24.5 Å². The van der Waals surface area contributed by atoms with E-state index >= 15 is 0 Å². The lowest BCUT2D eigenvalue weighted by Gasteiger charge is -2.12. The molecule has 0 saturated heterocycles. The molecule has 32 heavy (non-hydrogen) atoms. The van der Waals surface area contributed by atoms with Crippen LogP contribution in [-0.4, -0.2) is 31.4 Å². The number of hydrogen-bond donors (Lipinski definition) is 1. The maximum absolute atomic E-state index is 12.7. The molecule has 0 atom stereocenters. The zero-order valence-electron chi connectivity index (χ0n) is 17.3. The number of para-hydroxylation sites is 1. The number of aryl methyl sites for hydroxylation is 2. The summed E-state index contributed by atoms with van der Waals surface area (Å²) in [5.41, 5.74) is 4.39. The van der Waals surface area contributed by atoms with Crippen molar-refractivity contribution >= 4 is 46.6 Å². The number of carbonyl (C=O) groups excluding carboxylic acids is 1. The molecule has 2 aromatic heterocycles. The molecule has 0 spiro atoms. The van der Waals surface area contributed by atoms with E-state index in [0.29, 0.717) is 21.0 Å². The molecule has 1 N–H and O–H groups in total. The van der Waals surface area contributed by atoms with Crippen LogP contribution in [0.25, 0.3) is 17.1 Å². The van der Waals surface area contributed by atoms with Gasteiger partial charge in [-0.1, -0.05) is 53.2 Å². The second-order valence-electron chi connectivity index (χ2n) is 7.09. The average Bonchev–Trinajstić information content (AvgIpc) is 3.21. The van der Waals surface area contributed by atoms with E-state index in [-0.39, 0.29) is 11.7 Å². The van der Waals surface area contributed by atoms with Gasteiger partial charge in [0.2, 0.25) is 5.91 Å². The van der Waals surface area contributed by atoms with Gasteiger partial charge >= 0.3 is 0 Å². The number of anilines is 1. The number of pyridine rings is 1. The molecule has 2 aromatic carbocycles. The summed E-state index contributed by atoms with van der Waals surface area (Å²) in [6.07, 6.45) is 3.40. The Morgan fingerprint density at radius 1 is 1.03 bits per heavy atom. The Bertz CT molecular complexity index is 1260. The Morgan fingerprint density at radius 2 is 1.81 bits per heavy atom. The first-order chi connectivity index (χ1) is 15.4. The van der Waals surface area contributed by atoms with Crippen LogP contribution in [0.5, 0.6) is 0 Å². The Balaban J connectivity index is 1.63. The second kappa shape index (κ2) is 9.73. The quantitative estimate of drug-likeness (QED) is 0.341. The number of benzene rings is 2. The number of aromatic nitrogens is 4. The van der Waals surface area contributed by atoms with Crippen LogP contribution in [0.2, 0.25) is 10.0 Å². The lowest BCUT2D eigenvalue weighted by Crippen LogP contribution is -2.16. The number of amides is 1. The van der Waals surface area contributed by atoms with Crippen molar-refractivity contribution in [2.24, 2.45) is 0 Å². The molecular formula is C23H19Cl2N5OS. The van der Waals surface area contributed by atoms with E-state index in [1.807, 2.05) is 54.8 Å². The monoisotopic (exact) mass is 483 g/mol. The van der Waals surface area contributed by atoms with Crippen molar-refractivity contribution in [3.8, 4) is 17.1 Å². The normalized spacial score (nSPS) is 10.9. The summed E-state index contributed by atoms with van der Waals surface area (Å²) in [5, 5.41) is 13.1. The summed E-state index contributed by atoms with van der Waals surface area (Å²) in [4.78, 5) is 16.9. The van der Waals surface area contributed by atoms with Crippen LogP contribution < -0.4 is 5.32 Å². The molecule has 0 bridgehead atoms. The van der Waals surface area contributed by atoms with Crippen LogP contribution in [0.4, 0.5) is 5.69 Å². The molecule has 0 saturated carbocycles. The maximum atomic E-state index is 12.7. The highest BCUT2D eigenvalue weighted by molar-refractivity contribution is 7.99. The number of thioether (sulfide) groups is 1. The van der Waals surface area contributed by atoms with Crippen molar-refractivity contribution in [2.75, 3.05) is 11.1 Å². The second-order valence-corrected chi connectivity index (χ2v) is 8.84. The van der Waals surface area contributed by atoms with Gasteiger partial charge in [-0.15, -0.1) is 10.2 Å². The molecule has 4 aromatic rings. The molecular weight excluding hydrogens is 465 g/mol. The zero-order chi connectivity index (χ0) is 22.7. The van der Waals surface area contributed by atoms with Crippen molar-refractivity contribution in [2.45, 2.75) is 19.0 Å². The van der Waals surface area contributed by atoms with Gasteiger partial charge in [0.15, 0.2) is 11.0 Å². The third-order valence-electron chi connectivity index (χ3n) is 4.79. The zero-order valence-corrected chi connectivity index (χ0v) is 19.7. The Labute approximate surface area is 200 Å². The summed E-state index contributed by atoms with van der Waals surface area (Å²) >= 11 is 13.7. The molecule has 0 radical (unpaired) electrons. The van der Waals surface area contributed by atoms with Gasteiger partial charge in [0.05, 0.1) is 21.5 Å². The van der Waals surface area contributed by atoms with Crippen molar-refractivity contribution in [3.63, 3.8) is 0 Å². The Hall–Kier alpha value is -2.87. The number of rotatable bonds is 6.